The number of nitrogens with one attached hydrogen (secondary N) is 2. The number of hydrogen-bond acceptors (Lipinski definition) is 8. The number of rotatable bonds is 15. The summed E-state index contributed by atoms with van der Waals surface area (Å²) in [6.45, 7) is 6.78. The van der Waals surface area contributed by atoms with Crippen molar-refractivity contribution < 1.29 is 28.5 Å². The number of carbonyl (C=O) groups is 1. The van der Waals surface area contributed by atoms with Gasteiger partial charge < -0.3 is 29.1 Å². The quantitative estimate of drug-likeness (QED) is 0.143. The van der Waals surface area contributed by atoms with E-state index in [2.05, 4.69) is 10.6 Å². The highest BCUT2D eigenvalue weighted by Gasteiger charge is 2.40. The molecule has 0 saturated carbocycles. The number of epoxide rings is 1. The third-order valence-corrected chi connectivity index (χ3v) is 6.83. The van der Waals surface area contributed by atoms with Crippen LogP contribution in [0, 0.1) is 6.92 Å². The lowest BCUT2D eigenvalue weighted by molar-refractivity contribution is -0.136. The van der Waals surface area contributed by atoms with Gasteiger partial charge in [-0.15, -0.1) is 0 Å². The second kappa shape index (κ2) is 13.7. The van der Waals surface area contributed by atoms with Gasteiger partial charge in [0.15, 0.2) is 12.5 Å². The molecule has 0 spiro atoms. The van der Waals surface area contributed by atoms with Crippen LogP contribution in [0.4, 0.5) is 11.4 Å². The number of ether oxygens (including phenoxy) is 3. The molecule has 42 heavy (non-hydrogen) atoms. The van der Waals surface area contributed by atoms with E-state index in [-0.39, 0.29) is 25.0 Å². The SMILES string of the molecule is Cc1oc(-c2ccc(Nc3ccccc3)cc2)nc1CCOc1ccc(CCC(=O)O)c(CNC2OC2OC(C)C)c1. The number of nitrogens with zero attached hydrogens (tertiary/aromatic N) is 1. The number of aromatic nitrogens is 1. The maximum atomic E-state index is 11.2. The molecule has 0 bridgehead atoms. The summed E-state index contributed by atoms with van der Waals surface area (Å²) in [5.41, 5.74) is 5.69. The van der Waals surface area contributed by atoms with Crippen LogP contribution in [-0.4, -0.2) is 41.3 Å². The fourth-order valence-electron chi connectivity index (χ4n) is 4.60. The Kier molecular flexibility index (Phi) is 9.53. The summed E-state index contributed by atoms with van der Waals surface area (Å²) in [6.07, 6.45) is 0.732. The van der Waals surface area contributed by atoms with Gasteiger partial charge >= 0.3 is 5.97 Å². The molecule has 0 aliphatic carbocycles. The van der Waals surface area contributed by atoms with Gasteiger partial charge in [0.25, 0.3) is 0 Å². The van der Waals surface area contributed by atoms with E-state index in [1.807, 2.05) is 93.6 Å². The minimum absolute atomic E-state index is 0.0618. The topological polar surface area (TPSA) is 118 Å². The van der Waals surface area contributed by atoms with Crippen molar-refractivity contribution in [3.8, 4) is 17.2 Å². The lowest BCUT2D eigenvalue weighted by Gasteiger charge is -2.13. The maximum absolute atomic E-state index is 11.2. The number of benzene rings is 3. The van der Waals surface area contributed by atoms with Crippen LogP contribution in [0.5, 0.6) is 5.75 Å². The molecule has 220 valence electrons. The van der Waals surface area contributed by atoms with Gasteiger partial charge in [0.2, 0.25) is 5.89 Å². The van der Waals surface area contributed by atoms with E-state index in [1.54, 1.807) is 0 Å². The van der Waals surface area contributed by atoms with Crippen LogP contribution in [0.25, 0.3) is 11.5 Å². The second-order valence-corrected chi connectivity index (χ2v) is 10.5. The first-order valence-corrected chi connectivity index (χ1v) is 14.2. The lowest BCUT2D eigenvalue weighted by atomic mass is 10.0. The molecule has 1 fully saturated rings. The third kappa shape index (κ3) is 8.19. The lowest BCUT2D eigenvalue weighted by Crippen LogP contribution is -2.22. The van der Waals surface area contributed by atoms with Crippen molar-refractivity contribution in [3.05, 3.63) is 95.4 Å². The number of aliphatic carboxylic acids is 1. The van der Waals surface area contributed by atoms with Gasteiger partial charge in [0, 0.05) is 36.3 Å². The van der Waals surface area contributed by atoms with Crippen molar-refractivity contribution in [2.75, 3.05) is 11.9 Å². The third-order valence-electron chi connectivity index (χ3n) is 6.83. The van der Waals surface area contributed by atoms with Gasteiger partial charge in [0.1, 0.15) is 11.5 Å². The summed E-state index contributed by atoms with van der Waals surface area (Å²) in [6, 6.07) is 23.8. The number of aryl methyl sites for hydroxylation is 2. The molecule has 2 unspecified atom stereocenters. The van der Waals surface area contributed by atoms with E-state index in [0.717, 1.165) is 39.5 Å². The number of anilines is 2. The minimum atomic E-state index is -0.827. The molecular weight excluding hydrogens is 534 g/mol. The van der Waals surface area contributed by atoms with Crippen LogP contribution in [-0.2, 0) is 33.7 Å². The van der Waals surface area contributed by atoms with E-state index in [1.165, 1.54) is 0 Å². The first-order valence-electron chi connectivity index (χ1n) is 14.2. The largest absolute Gasteiger partial charge is 0.493 e. The van der Waals surface area contributed by atoms with Crippen molar-refractivity contribution in [2.45, 2.75) is 65.2 Å². The highest BCUT2D eigenvalue weighted by Crippen LogP contribution is 2.27. The van der Waals surface area contributed by atoms with Crippen LogP contribution in [0.2, 0.25) is 0 Å². The van der Waals surface area contributed by atoms with Crippen LogP contribution >= 0.6 is 0 Å². The summed E-state index contributed by atoms with van der Waals surface area (Å²) in [5.74, 6) is 1.22. The van der Waals surface area contributed by atoms with Crippen molar-refractivity contribution in [1.82, 2.24) is 10.3 Å². The molecule has 2 atom stereocenters. The minimum Gasteiger partial charge on any atom is -0.493 e. The van der Waals surface area contributed by atoms with Crippen molar-refractivity contribution in [2.24, 2.45) is 0 Å². The molecule has 3 aromatic carbocycles. The van der Waals surface area contributed by atoms with E-state index in [4.69, 9.17) is 28.7 Å². The standard InChI is InChI=1S/C33H37N3O6/c1-21(2)40-33-32(42-33)34-20-25-19-28(15-11-23(25)12-16-30(37)38)39-18-17-29-22(3)41-31(36-29)24-9-13-27(14-10-24)35-26-7-5-4-6-8-26/h4-11,13-15,19,21,32-35H,12,16-18,20H2,1-3H3,(H,37,38). The molecule has 9 heteroatoms. The maximum Gasteiger partial charge on any atom is 0.303 e. The van der Waals surface area contributed by atoms with Crippen LogP contribution in [0.3, 0.4) is 0 Å². The van der Waals surface area contributed by atoms with E-state index < -0.39 is 5.97 Å². The van der Waals surface area contributed by atoms with Crippen LogP contribution < -0.4 is 15.4 Å². The van der Waals surface area contributed by atoms with Gasteiger partial charge in [-0.05, 0) is 86.8 Å². The second-order valence-electron chi connectivity index (χ2n) is 10.5. The molecule has 1 aliphatic heterocycles. The van der Waals surface area contributed by atoms with E-state index in [9.17, 15) is 4.79 Å². The first-order chi connectivity index (χ1) is 20.3. The Labute approximate surface area is 245 Å². The summed E-state index contributed by atoms with van der Waals surface area (Å²) >= 11 is 0. The zero-order valence-electron chi connectivity index (χ0n) is 24.1. The van der Waals surface area contributed by atoms with Gasteiger partial charge in [-0.2, -0.15) is 0 Å². The van der Waals surface area contributed by atoms with Gasteiger partial charge in [0.05, 0.1) is 18.4 Å². The molecule has 1 saturated heterocycles. The molecule has 2 heterocycles. The Morgan fingerprint density at radius 1 is 1.00 bits per heavy atom. The predicted molar refractivity (Wildman–Crippen MR) is 160 cm³/mol. The van der Waals surface area contributed by atoms with Gasteiger partial charge in [-0.1, -0.05) is 24.3 Å². The Balaban J connectivity index is 1.17. The molecule has 9 nitrogen and oxygen atoms in total. The Morgan fingerprint density at radius 2 is 1.76 bits per heavy atom. The highest BCUT2D eigenvalue weighted by molar-refractivity contribution is 5.67. The van der Waals surface area contributed by atoms with Gasteiger partial charge in [-0.3, -0.25) is 10.1 Å². The monoisotopic (exact) mass is 571 g/mol. The van der Waals surface area contributed by atoms with E-state index in [0.29, 0.717) is 37.6 Å². The predicted octanol–water partition coefficient (Wildman–Crippen LogP) is 6.23. The zero-order chi connectivity index (χ0) is 29.5. The normalized spacial score (nSPS) is 16.0. The molecule has 1 aliphatic rings. The average molecular weight is 572 g/mol. The number of hydrogen-bond donors (Lipinski definition) is 3. The fraction of sp³-hybridized carbons (Fsp3) is 0.333. The molecule has 0 amide bonds. The smallest absolute Gasteiger partial charge is 0.303 e. The highest BCUT2D eigenvalue weighted by atomic mass is 16.8. The van der Waals surface area contributed by atoms with Crippen LogP contribution in [0.1, 0.15) is 42.8 Å². The van der Waals surface area contributed by atoms with Gasteiger partial charge in [-0.25, -0.2) is 4.98 Å². The number of carboxylic acids is 1. The van der Waals surface area contributed by atoms with Crippen molar-refractivity contribution in [1.29, 1.82) is 0 Å². The van der Waals surface area contributed by atoms with Crippen molar-refractivity contribution >= 4 is 17.3 Å². The summed E-state index contributed by atoms with van der Waals surface area (Å²) in [5, 5.41) is 15.9. The van der Waals surface area contributed by atoms with Crippen LogP contribution in [0.15, 0.2) is 77.2 Å². The first kappa shape index (κ1) is 29.3. The molecule has 5 rings (SSSR count). The Morgan fingerprint density at radius 3 is 2.50 bits per heavy atom. The number of carboxylic acid groups (broad SMARTS) is 1. The van der Waals surface area contributed by atoms with E-state index >= 15 is 0 Å². The van der Waals surface area contributed by atoms with Crippen molar-refractivity contribution in [3.63, 3.8) is 0 Å². The summed E-state index contributed by atoms with van der Waals surface area (Å²) in [7, 11) is 0. The molecule has 4 aromatic rings. The zero-order valence-corrected chi connectivity index (χ0v) is 24.1. The molecule has 1 aromatic heterocycles. The summed E-state index contributed by atoms with van der Waals surface area (Å²) < 4.78 is 23.2. The number of oxazole rings is 1. The molecular formula is C33H37N3O6. The average Bonchev–Trinajstić information content (AvgIpc) is 3.60. The summed E-state index contributed by atoms with van der Waals surface area (Å²) in [4.78, 5) is 15.9. The Bertz CT molecular complexity index is 1470. The molecule has 0 radical (unpaired) electrons. The Hall–Kier alpha value is -4.18. The molecule has 3 N–H and O–H groups in total. The fourth-order valence-corrected chi connectivity index (χ4v) is 4.60. The number of para-hydroxylation sites is 1.